The summed E-state index contributed by atoms with van der Waals surface area (Å²) in [5.41, 5.74) is 1.72. The van der Waals surface area contributed by atoms with Gasteiger partial charge in [-0.1, -0.05) is 54.1 Å². The molecular weight excluding hydrogens is 396 g/mol. The van der Waals surface area contributed by atoms with E-state index in [1.807, 2.05) is 37.3 Å². The Hall–Kier alpha value is -1.89. The number of hydrogen-bond acceptors (Lipinski definition) is 3. The van der Waals surface area contributed by atoms with Gasteiger partial charge in [-0.05, 0) is 43.0 Å². The lowest BCUT2D eigenvalue weighted by atomic mass is 9.96. The predicted octanol–water partition coefficient (Wildman–Crippen LogP) is 3.76. The Morgan fingerprint density at radius 3 is 2.46 bits per heavy atom. The first kappa shape index (κ1) is 20.8. The molecule has 1 amide bonds. The van der Waals surface area contributed by atoms with Crippen LogP contribution in [0.4, 0.5) is 0 Å². The number of sulfonamides is 1. The van der Waals surface area contributed by atoms with Gasteiger partial charge >= 0.3 is 0 Å². The molecule has 1 aliphatic heterocycles. The van der Waals surface area contributed by atoms with Crippen LogP contribution in [0.25, 0.3) is 0 Å². The minimum absolute atomic E-state index is 0.0109. The normalized spacial score (nSPS) is 17.2. The second kappa shape index (κ2) is 9.07. The summed E-state index contributed by atoms with van der Waals surface area (Å²) in [6, 6.07) is 16.6. The van der Waals surface area contributed by atoms with Crippen molar-refractivity contribution in [3.8, 4) is 0 Å². The second-order valence-corrected chi connectivity index (χ2v) is 9.61. The van der Waals surface area contributed by atoms with E-state index in [0.717, 1.165) is 5.56 Å². The first-order chi connectivity index (χ1) is 13.3. The highest BCUT2D eigenvalue weighted by molar-refractivity contribution is 7.88. The van der Waals surface area contributed by atoms with Crippen molar-refractivity contribution in [1.82, 2.24) is 9.62 Å². The van der Waals surface area contributed by atoms with Gasteiger partial charge < -0.3 is 5.32 Å². The predicted molar refractivity (Wildman–Crippen MR) is 111 cm³/mol. The zero-order chi connectivity index (χ0) is 20.1. The molecule has 150 valence electrons. The van der Waals surface area contributed by atoms with Gasteiger partial charge in [-0.15, -0.1) is 0 Å². The van der Waals surface area contributed by atoms with Crippen LogP contribution in [0.1, 0.15) is 36.9 Å². The molecule has 2 aromatic rings. The van der Waals surface area contributed by atoms with Crippen LogP contribution in [0.5, 0.6) is 0 Å². The monoisotopic (exact) mass is 420 g/mol. The highest BCUT2D eigenvalue weighted by Gasteiger charge is 2.31. The molecule has 1 saturated heterocycles. The van der Waals surface area contributed by atoms with Crippen LogP contribution >= 0.6 is 11.6 Å². The van der Waals surface area contributed by atoms with E-state index in [-0.39, 0.29) is 23.6 Å². The molecule has 3 rings (SSSR count). The lowest BCUT2D eigenvalue weighted by molar-refractivity contribution is -0.126. The number of benzene rings is 2. The molecule has 1 aliphatic rings. The van der Waals surface area contributed by atoms with E-state index in [2.05, 4.69) is 5.32 Å². The number of piperidine rings is 1. The van der Waals surface area contributed by atoms with Gasteiger partial charge in [-0.25, -0.2) is 12.7 Å². The van der Waals surface area contributed by atoms with E-state index in [1.165, 1.54) is 4.31 Å². The molecule has 2 aromatic carbocycles. The van der Waals surface area contributed by atoms with Crippen molar-refractivity contribution < 1.29 is 13.2 Å². The smallest absolute Gasteiger partial charge is 0.223 e. The van der Waals surface area contributed by atoms with Gasteiger partial charge in [-0.3, -0.25) is 4.79 Å². The van der Waals surface area contributed by atoms with Crippen LogP contribution in [-0.2, 0) is 20.6 Å². The van der Waals surface area contributed by atoms with Crippen LogP contribution < -0.4 is 5.32 Å². The van der Waals surface area contributed by atoms with Gasteiger partial charge in [0.1, 0.15) is 0 Å². The molecule has 0 aromatic heterocycles. The summed E-state index contributed by atoms with van der Waals surface area (Å²) in [5.74, 6) is -0.248. The molecule has 1 atom stereocenters. The maximum absolute atomic E-state index is 12.7. The Bertz CT molecular complexity index is 910. The summed E-state index contributed by atoms with van der Waals surface area (Å²) >= 11 is 5.95. The highest BCUT2D eigenvalue weighted by Crippen LogP contribution is 2.23. The summed E-state index contributed by atoms with van der Waals surface area (Å²) in [6.07, 6.45) is 1.06. The Balaban J connectivity index is 1.54. The summed E-state index contributed by atoms with van der Waals surface area (Å²) in [6.45, 7) is 2.68. The molecular formula is C21H25ClN2O3S. The Morgan fingerprint density at radius 2 is 1.82 bits per heavy atom. The summed E-state index contributed by atoms with van der Waals surface area (Å²) < 4.78 is 26.9. The van der Waals surface area contributed by atoms with Crippen molar-refractivity contribution in [2.45, 2.75) is 31.6 Å². The SMILES string of the molecule is C[C@H](NC(=O)C1CCN(S(=O)(=O)Cc2cccc(Cl)c2)CC1)c1ccccc1. The summed E-state index contributed by atoms with van der Waals surface area (Å²) in [4.78, 5) is 12.6. The zero-order valence-corrected chi connectivity index (χ0v) is 17.4. The van der Waals surface area contributed by atoms with Crippen molar-refractivity contribution in [3.05, 3.63) is 70.7 Å². The van der Waals surface area contributed by atoms with Crippen molar-refractivity contribution >= 4 is 27.5 Å². The second-order valence-electron chi connectivity index (χ2n) is 7.20. The van der Waals surface area contributed by atoms with Crippen molar-refractivity contribution in [1.29, 1.82) is 0 Å². The molecule has 28 heavy (non-hydrogen) atoms. The quantitative estimate of drug-likeness (QED) is 0.773. The van der Waals surface area contributed by atoms with Crippen LogP contribution in [0.2, 0.25) is 5.02 Å². The number of carbonyl (C=O) groups excluding carboxylic acids is 1. The third-order valence-corrected chi connectivity index (χ3v) is 7.20. The fourth-order valence-electron chi connectivity index (χ4n) is 3.48. The topological polar surface area (TPSA) is 66.5 Å². The number of nitrogens with zero attached hydrogens (tertiary/aromatic N) is 1. The molecule has 1 N–H and O–H groups in total. The molecule has 0 aliphatic carbocycles. The summed E-state index contributed by atoms with van der Waals surface area (Å²) in [7, 11) is -3.43. The first-order valence-corrected chi connectivity index (χ1v) is 11.4. The molecule has 1 heterocycles. The third kappa shape index (κ3) is 5.34. The molecule has 0 radical (unpaired) electrons. The maximum Gasteiger partial charge on any atom is 0.223 e. The number of carbonyl (C=O) groups is 1. The molecule has 7 heteroatoms. The molecule has 0 saturated carbocycles. The molecule has 0 unspecified atom stereocenters. The zero-order valence-electron chi connectivity index (χ0n) is 15.8. The average molecular weight is 421 g/mol. The lowest BCUT2D eigenvalue weighted by Gasteiger charge is -2.31. The largest absolute Gasteiger partial charge is 0.349 e. The lowest BCUT2D eigenvalue weighted by Crippen LogP contribution is -2.43. The highest BCUT2D eigenvalue weighted by atomic mass is 35.5. The van der Waals surface area contributed by atoms with Crippen LogP contribution in [-0.4, -0.2) is 31.7 Å². The number of nitrogens with one attached hydrogen (secondary N) is 1. The van der Waals surface area contributed by atoms with Crippen LogP contribution in [0, 0.1) is 5.92 Å². The number of rotatable bonds is 6. The molecule has 1 fully saturated rings. The Kier molecular flexibility index (Phi) is 6.75. The number of halogens is 1. The Labute approximate surface area is 171 Å². The minimum atomic E-state index is -3.43. The first-order valence-electron chi connectivity index (χ1n) is 9.43. The fourth-order valence-corrected chi connectivity index (χ4v) is 5.24. The van der Waals surface area contributed by atoms with E-state index in [1.54, 1.807) is 24.3 Å². The van der Waals surface area contributed by atoms with Gasteiger partial charge in [0.2, 0.25) is 15.9 Å². The van der Waals surface area contributed by atoms with E-state index in [9.17, 15) is 13.2 Å². The van der Waals surface area contributed by atoms with E-state index < -0.39 is 10.0 Å². The van der Waals surface area contributed by atoms with Crippen molar-refractivity contribution in [2.75, 3.05) is 13.1 Å². The van der Waals surface area contributed by atoms with Gasteiger partial charge in [-0.2, -0.15) is 0 Å². The van der Waals surface area contributed by atoms with Gasteiger partial charge in [0.25, 0.3) is 0 Å². The minimum Gasteiger partial charge on any atom is -0.349 e. The van der Waals surface area contributed by atoms with E-state index >= 15 is 0 Å². The van der Waals surface area contributed by atoms with Gasteiger partial charge in [0.15, 0.2) is 0 Å². The van der Waals surface area contributed by atoms with Gasteiger partial charge in [0, 0.05) is 24.0 Å². The van der Waals surface area contributed by atoms with Crippen molar-refractivity contribution in [3.63, 3.8) is 0 Å². The number of hydrogen-bond donors (Lipinski definition) is 1. The van der Waals surface area contributed by atoms with Crippen LogP contribution in [0.15, 0.2) is 54.6 Å². The standard InChI is InChI=1S/C21H25ClN2O3S/c1-16(18-7-3-2-4-8-18)23-21(25)19-10-12-24(13-11-19)28(26,27)15-17-6-5-9-20(22)14-17/h2-9,14,16,19H,10-13,15H2,1H3,(H,23,25)/t16-/m0/s1. The van der Waals surface area contributed by atoms with E-state index in [4.69, 9.17) is 11.6 Å². The molecule has 0 spiro atoms. The van der Waals surface area contributed by atoms with Gasteiger partial charge in [0.05, 0.1) is 11.8 Å². The molecule has 0 bridgehead atoms. The molecule has 5 nitrogen and oxygen atoms in total. The maximum atomic E-state index is 12.7. The average Bonchev–Trinajstić information content (AvgIpc) is 2.68. The van der Waals surface area contributed by atoms with E-state index in [0.29, 0.717) is 36.5 Å². The number of amides is 1. The van der Waals surface area contributed by atoms with Crippen LogP contribution in [0.3, 0.4) is 0 Å². The third-order valence-electron chi connectivity index (χ3n) is 5.11. The fraction of sp³-hybridized carbons (Fsp3) is 0.381. The summed E-state index contributed by atoms with van der Waals surface area (Å²) in [5, 5.41) is 3.57. The van der Waals surface area contributed by atoms with Crippen molar-refractivity contribution in [2.24, 2.45) is 5.92 Å². The Morgan fingerprint density at radius 1 is 1.14 bits per heavy atom.